The van der Waals surface area contributed by atoms with Gasteiger partial charge in [0.25, 0.3) is 0 Å². The molecule has 1 aliphatic rings. The molecule has 72 valence electrons. The van der Waals surface area contributed by atoms with Crippen LogP contribution < -0.4 is 5.43 Å². The van der Waals surface area contributed by atoms with Crippen LogP contribution in [-0.4, -0.2) is 20.4 Å². The molecule has 14 heavy (non-hydrogen) atoms. The second-order valence-corrected chi connectivity index (χ2v) is 2.89. The van der Waals surface area contributed by atoms with Gasteiger partial charge in [0.1, 0.15) is 17.6 Å². The monoisotopic (exact) mass is 190 g/mol. The molecule has 2 rings (SSSR count). The molecule has 2 N–H and O–H groups in total. The second-order valence-electron chi connectivity index (χ2n) is 2.89. The van der Waals surface area contributed by atoms with Crippen molar-refractivity contribution in [2.75, 3.05) is 0 Å². The maximum Gasteiger partial charge on any atom is 0.139 e. The first-order valence-electron chi connectivity index (χ1n) is 4.14. The van der Waals surface area contributed by atoms with Crippen molar-refractivity contribution in [2.24, 2.45) is 5.10 Å². The first kappa shape index (κ1) is 8.55. The van der Waals surface area contributed by atoms with Gasteiger partial charge < -0.3 is 9.67 Å². The third-order valence-corrected chi connectivity index (χ3v) is 1.90. The summed E-state index contributed by atoms with van der Waals surface area (Å²) in [6, 6.07) is 0. The zero-order chi connectivity index (χ0) is 9.97. The van der Waals surface area contributed by atoms with Gasteiger partial charge in [-0.2, -0.15) is 5.10 Å². The van der Waals surface area contributed by atoms with Gasteiger partial charge in [0.2, 0.25) is 0 Å². The van der Waals surface area contributed by atoms with E-state index in [0.717, 1.165) is 0 Å². The summed E-state index contributed by atoms with van der Waals surface area (Å²) in [4.78, 5) is 3.93. The maximum atomic E-state index is 9.06. The van der Waals surface area contributed by atoms with Crippen molar-refractivity contribution >= 4 is 5.71 Å². The average Bonchev–Trinajstić information content (AvgIpc) is 2.71. The van der Waals surface area contributed by atoms with E-state index in [2.05, 4.69) is 22.1 Å². The number of aliphatic hydroxyl groups is 1. The Balaban J connectivity index is 2.12. The highest BCUT2D eigenvalue weighted by Crippen LogP contribution is 2.09. The highest BCUT2D eigenvalue weighted by Gasteiger charge is 2.10. The van der Waals surface area contributed by atoms with Crippen molar-refractivity contribution in [2.45, 2.75) is 6.17 Å². The van der Waals surface area contributed by atoms with Crippen LogP contribution in [0.2, 0.25) is 0 Å². The summed E-state index contributed by atoms with van der Waals surface area (Å²) in [5.41, 5.74) is 3.30. The SMILES string of the molecule is C=C(O)C1=NNC(n2ccnc2)C=C1. The van der Waals surface area contributed by atoms with Crippen LogP contribution in [-0.2, 0) is 0 Å². The molecule has 0 aliphatic carbocycles. The lowest BCUT2D eigenvalue weighted by atomic mass is 10.2. The number of rotatable bonds is 2. The lowest BCUT2D eigenvalue weighted by Crippen LogP contribution is -2.24. The topological polar surface area (TPSA) is 62.4 Å². The predicted molar refractivity (Wildman–Crippen MR) is 52.7 cm³/mol. The standard InChI is InChI=1S/C9H10N4O/c1-7(14)8-2-3-9(12-11-8)13-5-4-10-6-13/h2-6,9,12,14H,1H2. The van der Waals surface area contributed by atoms with E-state index in [1.807, 2.05) is 16.8 Å². The second kappa shape index (κ2) is 3.37. The smallest absolute Gasteiger partial charge is 0.139 e. The van der Waals surface area contributed by atoms with Gasteiger partial charge in [-0.25, -0.2) is 4.98 Å². The summed E-state index contributed by atoms with van der Waals surface area (Å²) in [7, 11) is 0. The van der Waals surface area contributed by atoms with Crippen LogP contribution in [0, 0.1) is 0 Å². The average molecular weight is 190 g/mol. The number of hydrogen-bond donors (Lipinski definition) is 2. The molecule has 1 aliphatic heterocycles. The fourth-order valence-corrected chi connectivity index (χ4v) is 1.16. The van der Waals surface area contributed by atoms with Gasteiger partial charge in [-0.05, 0) is 12.2 Å². The van der Waals surface area contributed by atoms with Gasteiger partial charge in [0.15, 0.2) is 0 Å². The summed E-state index contributed by atoms with van der Waals surface area (Å²) in [6.07, 6.45) is 8.74. The summed E-state index contributed by atoms with van der Waals surface area (Å²) in [5, 5.41) is 13.0. The molecule has 0 fully saturated rings. The number of hydrazone groups is 1. The Hall–Kier alpha value is -2.04. The Morgan fingerprint density at radius 1 is 1.64 bits per heavy atom. The van der Waals surface area contributed by atoms with Gasteiger partial charge in [0.05, 0.1) is 6.33 Å². The zero-order valence-electron chi connectivity index (χ0n) is 7.46. The number of imidazole rings is 1. The summed E-state index contributed by atoms with van der Waals surface area (Å²) in [5.74, 6) is -0.0437. The molecule has 0 bridgehead atoms. The molecule has 1 unspecified atom stereocenters. The van der Waals surface area contributed by atoms with E-state index < -0.39 is 0 Å². The number of nitrogens with one attached hydrogen (secondary N) is 1. The summed E-state index contributed by atoms with van der Waals surface area (Å²) >= 11 is 0. The van der Waals surface area contributed by atoms with Crippen molar-refractivity contribution in [3.63, 3.8) is 0 Å². The van der Waals surface area contributed by atoms with Crippen LogP contribution in [0.5, 0.6) is 0 Å². The first-order chi connectivity index (χ1) is 6.77. The fourth-order valence-electron chi connectivity index (χ4n) is 1.16. The summed E-state index contributed by atoms with van der Waals surface area (Å²) in [6.45, 7) is 3.38. The van der Waals surface area contributed by atoms with E-state index in [1.54, 1.807) is 18.6 Å². The Morgan fingerprint density at radius 3 is 3.00 bits per heavy atom. The molecule has 1 aromatic rings. The molecule has 0 radical (unpaired) electrons. The van der Waals surface area contributed by atoms with E-state index in [-0.39, 0.29) is 11.9 Å². The molecule has 1 aromatic heterocycles. The van der Waals surface area contributed by atoms with E-state index in [0.29, 0.717) is 5.71 Å². The van der Waals surface area contributed by atoms with Crippen molar-refractivity contribution in [3.8, 4) is 0 Å². The molecular weight excluding hydrogens is 180 g/mol. The Labute approximate surface area is 81.1 Å². The Kier molecular flexibility index (Phi) is 2.06. The fraction of sp³-hybridized carbons (Fsp3) is 0.111. The maximum absolute atomic E-state index is 9.06. The molecule has 2 heterocycles. The minimum atomic E-state index is -0.0550. The van der Waals surface area contributed by atoms with Gasteiger partial charge in [-0.15, -0.1) is 0 Å². The molecular formula is C9H10N4O. The number of allylic oxidation sites excluding steroid dienone is 1. The molecule has 5 nitrogen and oxygen atoms in total. The Bertz CT molecular complexity index is 391. The third kappa shape index (κ3) is 1.52. The first-order valence-corrected chi connectivity index (χ1v) is 4.14. The normalized spacial score (nSPS) is 20.0. The quantitative estimate of drug-likeness (QED) is 0.683. The van der Waals surface area contributed by atoms with Crippen LogP contribution in [0.1, 0.15) is 6.17 Å². The van der Waals surface area contributed by atoms with E-state index >= 15 is 0 Å². The minimum Gasteiger partial charge on any atom is -0.506 e. The van der Waals surface area contributed by atoms with Crippen molar-refractivity contribution in [1.29, 1.82) is 0 Å². The summed E-state index contributed by atoms with van der Waals surface area (Å²) < 4.78 is 1.86. The number of aromatic nitrogens is 2. The highest BCUT2D eigenvalue weighted by atomic mass is 16.3. The molecule has 5 heteroatoms. The van der Waals surface area contributed by atoms with Crippen molar-refractivity contribution in [1.82, 2.24) is 15.0 Å². The zero-order valence-corrected chi connectivity index (χ0v) is 7.46. The minimum absolute atomic E-state index is 0.0437. The number of aliphatic hydroxyl groups excluding tert-OH is 1. The van der Waals surface area contributed by atoms with E-state index in [1.165, 1.54) is 0 Å². The van der Waals surface area contributed by atoms with Crippen LogP contribution in [0.25, 0.3) is 0 Å². The van der Waals surface area contributed by atoms with Gasteiger partial charge in [-0.1, -0.05) is 6.58 Å². The van der Waals surface area contributed by atoms with Crippen LogP contribution >= 0.6 is 0 Å². The lowest BCUT2D eigenvalue weighted by molar-refractivity contribution is 0.439. The molecule has 0 saturated carbocycles. The molecule has 0 spiro atoms. The molecule has 1 atom stereocenters. The molecule has 0 aromatic carbocycles. The largest absolute Gasteiger partial charge is 0.506 e. The highest BCUT2D eigenvalue weighted by molar-refractivity contribution is 6.06. The van der Waals surface area contributed by atoms with Crippen molar-refractivity contribution < 1.29 is 5.11 Å². The van der Waals surface area contributed by atoms with E-state index in [9.17, 15) is 0 Å². The number of nitrogens with zero attached hydrogens (tertiary/aromatic N) is 3. The van der Waals surface area contributed by atoms with Crippen LogP contribution in [0.4, 0.5) is 0 Å². The number of hydrogen-bond acceptors (Lipinski definition) is 4. The van der Waals surface area contributed by atoms with Gasteiger partial charge in [-0.3, -0.25) is 5.43 Å². The molecule has 0 amide bonds. The van der Waals surface area contributed by atoms with E-state index in [4.69, 9.17) is 5.11 Å². The van der Waals surface area contributed by atoms with Crippen molar-refractivity contribution in [3.05, 3.63) is 43.2 Å². The predicted octanol–water partition coefficient (Wildman–Crippen LogP) is 0.969. The van der Waals surface area contributed by atoms with Gasteiger partial charge >= 0.3 is 0 Å². The molecule has 0 saturated heterocycles. The Morgan fingerprint density at radius 2 is 2.50 bits per heavy atom. The third-order valence-electron chi connectivity index (χ3n) is 1.90. The van der Waals surface area contributed by atoms with Crippen LogP contribution in [0.3, 0.4) is 0 Å². The van der Waals surface area contributed by atoms with Crippen LogP contribution in [0.15, 0.2) is 48.3 Å². The van der Waals surface area contributed by atoms with Gasteiger partial charge in [0, 0.05) is 12.4 Å². The lowest BCUT2D eigenvalue weighted by Gasteiger charge is -2.17.